The molecular formula is C7H16O7P2. The van der Waals surface area contributed by atoms with Gasteiger partial charge < -0.3 is 14.7 Å². The largest absolute Gasteiger partial charge is 0.481 e. The van der Waals surface area contributed by atoms with E-state index in [0.29, 0.717) is 0 Å². The van der Waals surface area contributed by atoms with Crippen molar-refractivity contribution in [3.8, 4) is 0 Å². The summed E-state index contributed by atoms with van der Waals surface area (Å²) in [5, 5.41) is 0. The Morgan fingerprint density at radius 1 is 1.31 bits per heavy atom. The second kappa shape index (κ2) is 6.67. The van der Waals surface area contributed by atoms with Crippen LogP contribution in [-0.4, -0.2) is 21.3 Å². The van der Waals surface area contributed by atoms with Crippen molar-refractivity contribution < 1.29 is 32.6 Å². The summed E-state index contributed by atoms with van der Waals surface area (Å²) in [6.07, 6.45) is 3.30. The molecule has 0 heterocycles. The molecule has 0 aliphatic rings. The van der Waals surface area contributed by atoms with Crippen LogP contribution in [0.3, 0.4) is 0 Å². The maximum Gasteiger partial charge on any atom is 0.481 e. The SMILES string of the molecule is CCC/C(C)=C/COP(=O)(O)OP(=O)(O)O. The van der Waals surface area contributed by atoms with E-state index in [4.69, 9.17) is 14.7 Å². The molecule has 96 valence electrons. The number of rotatable bonds is 7. The zero-order chi connectivity index (χ0) is 12.8. The fourth-order valence-electron chi connectivity index (χ4n) is 0.928. The minimum Gasteiger partial charge on any atom is -0.302 e. The molecule has 0 amide bonds. The van der Waals surface area contributed by atoms with Gasteiger partial charge in [0.15, 0.2) is 0 Å². The molecule has 0 saturated heterocycles. The first-order valence-corrected chi connectivity index (χ1v) is 7.58. The Balaban J connectivity index is 4.15. The van der Waals surface area contributed by atoms with E-state index in [2.05, 4.69) is 8.83 Å². The van der Waals surface area contributed by atoms with Crippen LogP contribution in [0.4, 0.5) is 0 Å². The van der Waals surface area contributed by atoms with Gasteiger partial charge in [0.2, 0.25) is 0 Å². The number of hydrogen-bond donors (Lipinski definition) is 3. The molecule has 0 fully saturated rings. The maximum absolute atomic E-state index is 11.0. The van der Waals surface area contributed by atoms with Crippen LogP contribution in [0, 0.1) is 0 Å². The zero-order valence-electron chi connectivity index (χ0n) is 9.07. The van der Waals surface area contributed by atoms with Gasteiger partial charge in [-0.15, -0.1) is 0 Å². The Hall–Kier alpha value is -0.0000000000000000416. The Labute approximate surface area is 93.9 Å². The molecule has 0 saturated carbocycles. The third-order valence-corrected chi connectivity index (χ3v) is 3.68. The van der Waals surface area contributed by atoms with Crippen LogP contribution >= 0.6 is 15.6 Å². The number of phosphoric ester groups is 1. The predicted octanol–water partition coefficient (Wildman–Crippen LogP) is 1.96. The lowest BCUT2D eigenvalue weighted by molar-refractivity contribution is 0.191. The van der Waals surface area contributed by atoms with Crippen LogP contribution in [-0.2, 0) is 18.0 Å². The molecule has 0 aliphatic heterocycles. The van der Waals surface area contributed by atoms with Crippen LogP contribution in [0.15, 0.2) is 11.6 Å². The molecule has 0 radical (unpaired) electrons. The Kier molecular flexibility index (Phi) is 6.67. The molecule has 3 N–H and O–H groups in total. The topological polar surface area (TPSA) is 113 Å². The smallest absolute Gasteiger partial charge is 0.302 e. The molecule has 9 heteroatoms. The van der Waals surface area contributed by atoms with Crippen LogP contribution < -0.4 is 0 Å². The highest BCUT2D eigenvalue weighted by molar-refractivity contribution is 7.60. The van der Waals surface area contributed by atoms with Crippen molar-refractivity contribution in [3.63, 3.8) is 0 Å². The fourth-order valence-corrected chi connectivity index (χ4v) is 2.45. The van der Waals surface area contributed by atoms with Gasteiger partial charge in [0.25, 0.3) is 0 Å². The van der Waals surface area contributed by atoms with E-state index in [1.54, 1.807) is 6.08 Å². The van der Waals surface area contributed by atoms with Crippen molar-refractivity contribution in [2.75, 3.05) is 6.61 Å². The van der Waals surface area contributed by atoms with Crippen molar-refractivity contribution in [3.05, 3.63) is 11.6 Å². The van der Waals surface area contributed by atoms with E-state index in [1.807, 2.05) is 13.8 Å². The quantitative estimate of drug-likeness (QED) is 0.480. The molecule has 0 aromatic carbocycles. The Bertz CT molecular complexity index is 332. The van der Waals surface area contributed by atoms with Crippen LogP contribution in [0.25, 0.3) is 0 Å². The van der Waals surface area contributed by atoms with E-state index in [0.717, 1.165) is 18.4 Å². The van der Waals surface area contributed by atoms with Gasteiger partial charge in [-0.3, -0.25) is 4.52 Å². The van der Waals surface area contributed by atoms with Gasteiger partial charge in [0.05, 0.1) is 6.61 Å². The molecular weight excluding hydrogens is 258 g/mol. The van der Waals surface area contributed by atoms with Crippen molar-refractivity contribution >= 4 is 15.6 Å². The van der Waals surface area contributed by atoms with Gasteiger partial charge in [-0.2, -0.15) is 4.31 Å². The van der Waals surface area contributed by atoms with Crippen LogP contribution in [0.1, 0.15) is 26.7 Å². The number of hydrogen-bond acceptors (Lipinski definition) is 4. The molecule has 7 nitrogen and oxygen atoms in total. The lowest BCUT2D eigenvalue weighted by Crippen LogP contribution is -1.94. The highest BCUT2D eigenvalue weighted by Gasteiger charge is 2.31. The standard InChI is InChI=1S/C7H16O7P2/c1-3-4-7(2)5-6-13-16(11,12)14-15(8,9)10/h5H,3-4,6H2,1-2H3,(H,11,12)(H2,8,9,10)/b7-5+. The molecule has 0 aromatic heterocycles. The third kappa shape index (κ3) is 9.24. The van der Waals surface area contributed by atoms with Gasteiger partial charge in [-0.1, -0.05) is 25.0 Å². The van der Waals surface area contributed by atoms with E-state index >= 15 is 0 Å². The molecule has 0 spiro atoms. The summed E-state index contributed by atoms with van der Waals surface area (Å²) in [5.41, 5.74) is 0.957. The van der Waals surface area contributed by atoms with E-state index in [9.17, 15) is 9.13 Å². The summed E-state index contributed by atoms with van der Waals surface area (Å²) in [6, 6.07) is 0. The second-order valence-electron chi connectivity index (χ2n) is 3.14. The van der Waals surface area contributed by atoms with Gasteiger partial charge in [-0.05, 0) is 13.3 Å². The van der Waals surface area contributed by atoms with Crippen molar-refractivity contribution in [1.29, 1.82) is 0 Å². The molecule has 0 aliphatic carbocycles. The normalized spacial score (nSPS) is 17.2. The molecule has 0 rings (SSSR count). The van der Waals surface area contributed by atoms with Crippen LogP contribution in [0.2, 0.25) is 0 Å². The summed E-state index contributed by atoms with van der Waals surface area (Å²) < 4.78 is 29.2. The monoisotopic (exact) mass is 274 g/mol. The Morgan fingerprint density at radius 3 is 2.31 bits per heavy atom. The lowest BCUT2D eigenvalue weighted by Gasteiger charge is -2.11. The summed E-state index contributed by atoms with van der Waals surface area (Å²) in [6.45, 7) is 3.56. The minimum absolute atomic E-state index is 0.236. The molecule has 1 atom stereocenters. The molecule has 0 aromatic rings. The molecule has 0 bridgehead atoms. The Morgan fingerprint density at radius 2 is 1.88 bits per heavy atom. The average molecular weight is 274 g/mol. The van der Waals surface area contributed by atoms with Gasteiger partial charge in [-0.25, -0.2) is 9.13 Å². The fraction of sp³-hybridized carbons (Fsp3) is 0.714. The number of phosphoric acid groups is 2. The van der Waals surface area contributed by atoms with Gasteiger partial charge in [0.1, 0.15) is 0 Å². The average Bonchev–Trinajstić information content (AvgIpc) is 1.98. The van der Waals surface area contributed by atoms with E-state index in [1.165, 1.54) is 0 Å². The van der Waals surface area contributed by atoms with Gasteiger partial charge in [0, 0.05) is 0 Å². The summed E-state index contributed by atoms with van der Waals surface area (Å²) in [5.74, 6) is 0. The first kappa shape index (κ1) is 16.0. The maximum atomic E-state index is 11.0. The van der Waals surface area contributed by atoms with Gasteiger partial charge >= 0.3 is 15.6 Å². The van der Waals surface area contributed by atoms with Crippen molar-refractivity contribution in [2.24, 2.45) is 0 Å². The summed E-state index contributed by atoms with van der Waals surface area (Å²) in [4.78, 5) is 25.5. The van der Waals surface area contributed by atoms with Crippen molar-refractivity contribution in [2.45, 2.75) is 26.7 Å². The number of allylic oxidation sites excluding steroid dienone is 1. The molecule has 1 unspecified atom stereocenters. The van der Waals surface area contributed by atoms with E-state index < -0.39 is 15.6 Å². The predicted molar refractivity (Wildman–Crippen MR) is 57.6 cm³/mol. The van der Waals surface area contributed by atoms with Crippen molar-refractivity contribution in [1.82, 2.24) is 0 Å². The second-order valence-corrected chi connectivity index (χ2v) is 5.97. The van der Waals surface area contributed by atoms with Crippen LogP contribution in [0.5, 0.6) is 0 Å². The molecule has 16 heavy (non-hydrogen) atoms. The third-order valence-electron chi connectivity index (χ3n) is 1.52. The first-order chi connectivity index (χ1) is 7.16. The summed E-state index contributed by atoms with van der Waals surface area (Å²) >= 11 is 0. The van der Waals surface area contributed by atoms with E-state index in [-0.39, 0.29) is 6.61 Å². The zero-order valence-corrected chi connectivity index (χ0v) is 10.9. The minimum atomic E-state index is -5.02. The highest BCUT2D eigenvalue weighted by atomic mass is 31.3. The summed E-state index contributed by atoms with van der Waals surface area (Å²) in [7, 11) is -9.72. The first-order valence-electron chi connectivity index (χ1n) is 4.56. The lowest BCUT2D eigenvalue weighted by atomic mass is 10.2. The highest BCUT2D eigenvalue weighted by Crippen LogP contribution is 2.57.